The Kier molecular flexibility index (Phi) is 2.88. The van der Waals surface area contributed by atoms with Crippen LogP contribution in [-0.2, 0) is 16.1 Å². The maximum atomic E-state index is 12.8. The van der Waals surface area contributed by atoms with Crippen molar-refractivity contribution in [3.63, 3.8) is 0 Å². The third kappa shape index (κ3) is 1.92. The largest absolute Gasteiger partial charge is 0.482 e. The maximum absolute atomic E-state index is 12.8. The van der Waals surface area contributed by atoms with Crippen LogP contribution in [0.2, 0.25) is 5.82 Å². The summed E-state index contributed by atoms with van der Waals surface area (Å²) in [6, 6.07) is 8.80. The Bertz CT molecular complexity index is 560. The summed E-state index contributed by atoms with van der Waals surface area (Å²) in [5.74, 6) is -4.66. The average Bonchev–Trinajstić information content (AvgIpc) is 2.48. The minimum absolute atomic E-state index is 0.0586. The van der Waals surface area contributed by atoms with Gasteiger partial charge in [-0.25, -0.2) is 0 Å². The van der Waals surface area contributed by atoms with Crippen LogP contribution in [0.3, 0.4) is 0 Å². The number of carbonyl (C=O) groups excluding carboxylic acids is 2. The van der Waals surface area contributed by atoms with Gasteiger partial charge in [0.1, 0.15) is 0 Å². The molecule has 3 rings (SSSR count). The highest BCUT2D eigenvalue weighted by Crippen LogP contribution is 2.56. The molecule has 2 amide bonds. The van der Waals surface area contributed by atoms with Crippen molar-refractivity contribution in [2.75, 3.05) is 0 Å². The van der Waals surface area contributed by atoms with Crippen LogP contribution >= 0.6 is 0 Å². The number of carbonyl (C=O) groups is 2. The van der Waals surface area contributed by atoms with Crippen LogP contribution in [0.5, 0.6) is 0 Å². The van der Waals surface area contributed by atoms with Gasteiger partial charge >= 0.3 is 6.98 Å². The summed E-state index contributed by atoms with van der Waals surface area (Å²) in [6.45, 7) is -5.00. The van der Waals surface area contributed by atoms with E-state index < -0.39 is 36.4 Å². The second-order valence-electron chi connectivity index (χ2n) is 5.41. The number of halogens is 3. The SMILES string of the molecule is O=C1C2CC([B-](F)(F)F)C2C(=O)N1Cc1ccccc1. The van der Waals surface area contributed by atoms with Gasteiger partial charge in [0.2, 0.25) is 11.8 Å². The molecule has 2 fully saturated rings. The van der Waals surface area contributed by atoms with Crippen molar-refractivity contribution in [2.24, 2.45) is 11.8 Å². The first-order chi connectivity index (χ1) is 9.39. The molecule has 1 aromatic carbocycles. The molecular weight excluding hydrogens is 270 g/mol. The number of hydrogen-bond acceptors (Lipinski definition) is 2. The molecule has 7 heteroatoms. The van der Waals surface area contributed by atoms with Crippen molar-refractivity contribution in [3.05, 3.63) is 35.9 Å². The Morgan fingerprint density at radius 2 is 1.75 bits per heavy atom. The number of amides is 2. The quantitative estimate of drug-likeness (QED) is 0.630. The maximum Gasteiger partial charge on any atom is 0.482 e. The summed E-state index contributed by atoms with van der Waals surface area (Å²) in [7, 11) is 0. The van der Waals surface area contributed by atoms with E-state index in [0.29, 0.717) is 0 Å². The molecule has 1 saturated heterocycles. The zero-order chi connectivity index (χ0) is 14.5. The van der Waals surface area contributed by atoms with Gasteiger partial charge in [0.15, 0.2) is 0 Å². The van der Waals surface area contributed by atoms with E-state index >= 15 is 0 Å². The predicted octanol–water partition coefficient (Wildman–Crippen LogP) is 2.41. The van der Waals surface area contributed by atoms with Crippen LogP contribution in [-0.4, -0.2) is 23.7 Å². The van der Waals surface area contributed by atoms with Crippen LogP contribution in [0, 0.1) is 11.8 Å². The highest BCUT2D eigenvalue weighted by molar-refractivity contribution is 6.61. The average molecular weight is 282 g/mol. The van der Waals surface area contributed by atoms with E-state index in [1.54, 1.807) is 30.3 Å². The number of likely N-dealkylation sites (tertiary alicyclic amines) is 1. The van der Waals surface area contributed by atoms with Crippen LogP contribution in [0.4, 0.5) is 12.9 Å². The van der Waals surface area contributed by atoms with Crippen molar-refractivity contribution in [1.29, 1.82) is 0 Å². The summed E-state index contributed by atoms with van der Waals surface area (Å²) in [5.41, 5.74) is 0.740. The third-order valence-electron chi connectivity index (χ3n) is 4.22. The number of rotatable bonds is 3. The minimum atomic E-state index is -5.06. The van der Waals surface area contributed by atoms with Gasteiger partial charge < -0.3 is 12.9 Å². The smallest absolute Gasteiger partial charge is 0.449 e. The van der Waals surface area contributed by atoms with E-state index in [9.17, 15) is 22.5 Å². The number of imide groups is 1. The molecule has 2 aliphatic rings. The van der Waals surface area contributed by atoms with E-state index in [4.69, 9.17) is 0 Å². The lowest BCUT2D eigenvalue weighted by atomic mass is 9.50. The van der Waals surface area contributed by atoms with Crippen molar-refractivity contribution >= 4 is 18.8 Å². The van der Waals surface area contributed by atoms with E-state index in [2.05, 4.69) is 0 Å². The number of fused-ring (bicyclic) bond motifs is 1. The van der Waals surface area contributed by atoms with E-state index in [1.807, 2.05) is 0 Å². The summed E-state index contributed by atoms with van der Waals surface area (Å²) < 4.78 is 38.3. The van der Waals surface area contributed by atoms with Crippen LogP contribution < -0.4 is 0 Å². The molecular formula is C13H12BF3NO2-. The molecule has 0 N–H and O–H groups in total. The second kappa shape index (κ2) is 4.36. The second-order valence-corrected chi connectivity index (χ2v) is 5.41. The fourth-order valence-electron chi connectivity index (χ4n) is 3.10. The van der Waals surface area contributed by atoms with Crippen LogP contribution in [0.25, 0.3) is 0 Å². The molecule has 0 spiro atoms. The lowest BCUT2D eigenvalue weighted by molar-refractivity contribution is -0.140. The third-order valence-corrected chi connectivity index (χ3v) is 4.22. The van der Waals surface area contributed by atoms with Gasteiger partial charge in [-0.3, -0.25) is 14.5 Å². The van der Waals surface area contributed by atoms with Crippen LogP contribution in [0.15, 0.2) is 30.3 Å². The predicted molar refractivity (Wildman–Crippen MR) is 66.4 cm³/mol. The number of nitrogens with zero attached hydrogens (tertiary/aromatic N) is 1. The Balaban J connectivity index is 1.79. The van der Waals surface area contributed by atoms with Crippen LogP contribution in [0.1, 0.15) is 12.0 Å². The van der Waals surface area contributed by atoms with Gasteiger partial charge in [-0.1, -0.05) is 42.6 Å². The topological polar surface area (TPSA) is 37.4 Å². The fourth-order valence-corrected chi connectivity index (χ4v) is 3.10. The van der Waals surface area contributed by atoms with Gasteiger partial charge in [-0.15, -0.1) is 0 Å². The number of hydrogen-bond donors (Lipinski definition) is 0. The van der Waals surface area contributed by atoms with Gasteiger partial charge in [0.25, 0.3) is 0 Å². The molecule has 1 aliphatic heterocycles. The molecule has 1 aliphatic carbocycles. The van der Waals surface area contributed by atoms with Gasteiger partial charge in [0.05, 0.1) is 6.54 Å². The lowest BCUT2D eigenvalue weighted by Crippen LogP contribution is -2.45. The first-order valence-corrected chi connectivity index (χ1v) is 6.48. The highest BCUT2D eigenvalue weighted by Gasteiger charge is 2.62. The first-order valence-electron chi connectivity index (χ1n) is 6.48. The highest BCUT2D eigenvalue weighted by atomic mass is 19.4. The number of benzene rings is 1. The molecule has 3 unspecified atom stereocenters. The Hall–Kier alpha value is -1.79. The first kappa shape index (κ1) is 13.2. The van der Waals surface area contributed by atoms with E-state index in [-0.39, 0.29) is 13.0 Å². The summed E-state index contributed by atoms with van der Waals surface area (Å²) >= 11 is 0. The molecule has 1 heterocycles. The Morgan fingerprint density at radius 3 is 2.35 bits per heavy atom. The molecule has 0 bridgehead atoms. The van der Waals surface area contributed by atoms with Gasteiger partial charge in [0, 0.05) is 11.8 Å². The van der Waals surface area contributed by atoms with Crippen molar-refractivity contribution in [1.82, 2.24) is 4.90 Å². The Morgan fingerprint density at radius 1 is 1.10 bits per heavy atom. The fraction of sp³-hybridized carbons (Fsp3) is 0.385. The van der Waals surface area contributed by atoms with Gasteiger partial charge in [-0.05, 0) is 5.56 Å². The normalized spacial score (nSPS) is 29.4. The molecule has 0 aromatic heterocycles. The Labute approximate surface area is 113 Å². The molecule has 1 saturated carbocycles. The molecule has 0 radical (unpaired) electrons. The standard InChI is InChI=1S/C13H12BF3NO2/c15-14(16,17)10-6-9-11(10)13(20)18(12(9)19)7-8-4-2-1-3-5-8/h1-5,9-11H,6-7H2/q-1. The molecule has 3 nitrogen and oxygen atoms in total. The van der Waals surface area contributed by atoms with Crippen molar-refractivity contribution in [2.45, 2.75) is 18.8 Å². The molecule has 106 valence electrons. The minimum Gasteiger partial charge on any atom is -0.449 e. The zero-order valence-electron chi connectivity index (χ0n) is 10.5. The summed E-state index contributed by atoms with van der Waals surface area (Å²) in [6.07, 6.45) is -0.232. The summed E-state index contributed by atoms with van der Waals surface area (Å²) in [5, 5.41) is 0. The molecule has 20 heavy (non-hydrogen) atoms. The molecule has 1 aromatic rings. The van der Waals surface area contributed by atoms with E-state index in [1.165, 1.54) is 0 Å². The van der Waals surface area contributed by atoms with Gasteiger partial charge in [-0.2, -0.15) is 0 Å². The van der Waals surface area contributed by atoms with E-state index in [0.717, 1.165) is 10.5 Å². The van der Waals surface area contributed by atoms with Crippen molar-refractivity contribution in [3.8, 4) is 0 Å². The monoisotopic (exact) mass is 282 g/mol. The lowest BCUT2D eigenvalue weighted by Gasteiger charge is -2.42. The van der Waals surface area contributed by atoms with Crippen molar-refractivity contribution < 1.29 is 22.5 Å². The molecule has 3 atom stereocenters. The summed E-state index contributed by atoms with van der Waals surface area (Å²) in [4.78, 5) is 25.0. The zero-order valence-corrected chi connectivity index (χ0v) is 10.5.